The van der Waals surface area contributed by atoms with E-state index < -0.39 is 6.23 Å². The smallest absolute Gasteiger partial charge is 0.225 e. The van der Waals surface area contributed by atoms with Crippen molar-refractivity contribution in [2.24, 2.45) is 5.92 Å². The second-order valence-electron chi connectivity index (χ2n) is 11.5. The number of aliphatic hydroxyl groups excluding tert-OH is 1. The predicted molar refractivity (Wildman–Crippen MR) is 144 cm³/mol. The van der Waals surface area contributed by atoms with Gasteiger partial charge in [-0.3, -0.25) is 9.69 Å². The highest BCUT2D eigenvalue weighted by Gasteiger charge is 2.33. The zero-order valence-electron chi connectivity index (χ0n) is 22.5. The maximum absolute atomic E-state index is 15.5. The number of likely N-dealkylation sites (tertiary alicyclic amines) is 1. The normalized spacial score (nSPS) is 29.2. The van der Waals surface area contributed by atoms with Gasteiger partial charge in [0.2, 0.25) is 5.91 Å². The Morgan fingerprint density at radius 1 is 0.946 bits per heavy atom. The number of anilines is 2. The molecule has 8 heteroatoms. The van der Waals surface area contributed by atoms with E-state index >= 15 is 4.39 Å². The largest absolute Gasteiger partial charge is 0.381 e. The first-order valence-electron chi connectivity index (χ1n) is 14.6. The van der Waals surface area contributed by atoms with Crippen molar-refractivity contribution in [3.8, 4) is 0 Å². The van der Waals surface area contributed by atoms with Crippen molar-refractivity contribution in [1.82, 2.24) is 9.80 Å². The average molecular weight is 517 g/mol. The summed E-state index contributed by atoms with van der Waals surface area (Å²) in [6, 6.07) is 6.71. The summed E-state index contributed by atoms with van der Waals surface area (Å²) < 4.78 is 20.9. The number of halogens is 1. The number of rotatable bonds is 4. The van der Waals surface area contributed by atoms with E-state index in [4.69, 9.17) is 4.74 Å². The van der Waals surface area contributed by atoms with Crippen LogP contribution in [0, 0.1) is 11.7 Å². The molecule has 3 unspecified atom stereocenters. The number of carbonyl (C=O) groups excluding carboxylic acids is 1. The molecule has 0 aliphatic carbocycles. The Morgan fingerprint density at radius 3 is 2.51 bits per heavy atom. The van der Waals surface area contributed by atoms with Crippen LogP contribution in [0.3, 0.4) is 0 Å². The number of carbonyl (C=O) groups is 1. The van der Waals surface area contributed by atoms with Crippen LogP contribution in [0.25, 0.3) is 0 Å². The molecule has 4 heterocycles. The van der Waals surface area contributed by atoms with Gasteiger partial charge in [0.15, 0.2) is 0 Å². The van der Waals surface area contributed by atoms with E-state index in [1.54, 1.807) is 11.0 Å². The summed E-state index contributed by atoms with van der Waals surface area (Å²) in [6.07, 6.45) is 7.57. The number of nitrogens with zero attached hydrogens (tertiary/aromatic N) is 4. The molecule has 1 N–H and O–H groups in total. The van der Waals surface area contributed by atoms with E-state index in [9.17, 15) is 9.90 Å². The summed E-state index contributed by atoms with van der Waals surface area (Å²) in [7, 11) is 0. The summed E-state index contributed by atoms with van der Waals surface area (Å²) in [5, 5.41) is 11.1. The van der Waals surface area contributed by atoms with Crippen molar-refractivity contribution >= 4 is 17.3 Å². The minimum Gasteiger partial charge on any atom is -0.381 e. The van der Waals surface area contributed by atoms with Crippen LogP contribution >= 0.6 is 0 Å². The summed E-state index contributed by atoms with van der Waals surface area (Å²) in [5.74, 6) is -0.0686. The molecule has 1 aromatic carbocycles. The van der Waals surface area contributed by atoms with E-state index in [-0.39, 0.29) is 17.6 Å². The van der Waals surface area contributed by atoms with Gasteiger partial charge in [-0.05, 0) is 83.0 Å². The maximum atomic E-state index is 15.5. The molecule has 4 saturated heterocycles. The highest BCUT2D eigenvalue weighted by Crippen LogP contribution is 2.32. The van der Waals surface area contributed by atoms with Gasteiger partial charge in [0.05, 0.1) is 5.69 Å². The lowest BCUT2D eigenvalue weighted by Gasteiger charge is -2.35. The SMILES string of the molecule is CC1CCCN1C1CCN(c2ccc(N3CCCCCN(C(=O)C4CCOCC4)CCC3O)c(F)c2)C1. The minimum atomic E-state index is -0.823. The highest BCUT2D eigenvalue weighted by molar-refractivity contribution is 5.79. The Kier molecular flexibility index (Phi) is 8.88. The predicted octanol–water partition coefficient (Wildman–Crippen LogP) is 3.84. The van der Waals surface area contributed by atoms with Crippen LogP contribution in [-0.4, -0.2) is 91.6 Å². The third-order valence-electron chi connectivity index (χ3n) is 9.07. The van der Waals surface area contributed by atoms with Crippen LogP contribution in [0.1, 0.15) is 64.7 Å². The van der Waals surface area contributed by atoms with Gasteiger partial charge in [-0.2, -0.15) is 0 Å². The molecule has 1 amide bonds. The molecule has 7 nitrogen and oxygen atoms in total. The van der Waals surface area contributed by atoms with Crippen molar-refractivity contribution in [3.63, 3.8) is 0 Å². The quantitative estimate of drug-likeness (QED) is 0.656. The fourth-order valence-electron chi connectivity index (χ4n) is 6.82. The first-order chi connectivity index (χ1) is 18.0. The first kappa shape index (κ1) is 26.7. The summed E-state index contributed by atoms with van der Waals surface area (Å²) in [5.41, 5.74) is 1.39. The molecule has 4 fully saturated rings. The van der Waals surface area contributed by atoms with Crippen LogP contribution in [0.5, 0.6) is 0 Å². The molecule has 1 aromatic rings. The Hall–Kier alpha value is -1.90. The third-order valence-corrected chi connectivity index (χ3v) is 9.07. The zero-order valence-corrected chi connectivity index (χ0v) is 22.5. The van der Waals surface area contributed by atoms with E-state index in [1.165, 1.54) is 19.4 Å². The Morgan fingerprint density at radius 2 is 1.76 bits per heavy atom. The lowest BCUT2D eigenvalue weighted by Crippen LogP contribution is -2.44. The van der Waals surface area contributed by atoms with Crippen LogP contribution < -0.4 is 9.80 Å². The molecule has 206 valence electrons. The Bertz CT molecular complexity index is 911. The van der Waals surface area contributed by atoms with Crippen molar-refractivity contribution < 1.29 is 19.0 Å². The molecular weight excluding hydrogens is 471 g/mol. The highest BCUT2D eigenvalue weighted by atomic mass is 19.1. The van der Waals surface area contributed by atoms with Crippen molar-refractivity contribution in [3.05, 3.63) is 24.0 Å². The summed E-state index contributed by atoms with van der Waals surface area (Å²) in [4.78, 5) is 21.8. The number of amides is 1. The lowest BCUT2D eigenvalue weighted by atomic mass is 9.98. The molecule has 0 saturated carbocycles. The van der Waals surface area contributed by atoms with Gasteiger partial charge in [0, 0.05) is 76.0 Å². The maximum Gasteiger partial charge on any atom is 0.225 e. The van der Waals surface area contributed by atoms with E-state index in [1.807, 2.05) is 17.0 Å². The minimum absolute atomic E-state index is 0.0220. The number of ether oxygens (including phenoxy) is 1. The van der Waals surface area contributed by atoms with Gasteiger partial charge in [0.1, 0.15) is 12.0 Å². The van der Waals surface area contributed by atoms with Gasteiger partial charge in [0.25, 0.3) is 0 Å². The molecule has 4 aliphatic heterocycles. The molecule has 0 aromatic heterocycles. The number of benzene rings is 1. The average Bonchev–Trinajstić information content (AvgIpc) is 3.57. The monoisotopic (exact) mass is 516 g/mol. The van der Waals surface area contributed by atoms with Crippen molar-refractivity contribution in [2.75, 3.05) is 62.3 Å². The van der Waals surface area contributed by atoms with Crippen molar-refractivity contribution in [2.45, 2.75) is 83.0 Å². The number of hydrogen-bond acceptors (Lipinski definition) is 6. The molecule has 3 atom stereocenters. The van der Waals surface area contributed by atoms with E-state index in [2.05, 4.69) is 16.7 Å². The van der Waals surface area contributed by atoms with Gasteiger partial charge in [-0.15, -0.1) is 0 Å². The number of aliphatic hydroxyl groups is 1. The van der Waals surface area contributed by atoms with Gasteiger partial charge in [-0.1, -0.05) is 0 Å². The van der Waals surface area contributed by atoms with Crippen LogP contribution in [-0.2, 0) is 9.53 Å². The zero-order chi connectivity index (χ0) is 25.8. The molecule has 0 spiro atoms. The first-order valence-corrected chi connectivity index (χ1v) is 14.6. The Balaban J connectivity index is 1.23. The van der Waals surface area contributed by atoms with Crippen LogP contribution in [0.4, 0.5) is 15.8 Å². The fraction of sp³-hybridized carbons (Fsp3) is 0.759. The van der Waals surface area contributed by atoms with Crippen LogP contribution in [0.2, 0.25) is 0 Å². The molecule has 0 radical (unpaired) electrons. The van der Waals surface area contributed by atoms with Gasteiger partial charge in [-0.25, -0.2) is 4.39 Å². The second kappa shape index (κ2) is 12.3. The van der Waals surface area contributed by atoms with Crippen molar-refractivity contribution in [1.29, 1.82) is 0 Å². The van der Waals surface area contributed by atoms with Gasteiger partial charge < -0.3 is 24.5 Å². The number of hydrogen-bond donors (Lipinski definition) is 1. The topological polar surface area (TPSA) is 59.5 Å². The Labute approximate surface area is 221 Å². The lowest BCUT2D eigenvalue weighted by molar-refractivity contribution is -0.139. The molecule has 5 rings (SSSR count). The fourth-order valence-corrected chi connectivity index (χ4v) is 6.82. The molecular formula is C29H45FN4O3. The molecule has 4 aliphatic rings. The van der Waals surface area contributed by atoms with Gasteiger partial charge >= 0.3 is 0 Å². The standard InChI is InChI=1S/C29H45FN4O3/c1-22-6-5-15-33(22)25-9-16-32(21-25)24-7-8-27(26(30)20-24)34-14-4-2-3-13-31(17-10-28(34)35)29(36)23-11-18-37-19-12-23/h7-8,20,22-23,25,28,35H,2-6,9-19,21H2,1H3. The van der Waals surface area contributed by atoms with Crippen LogP contribution in [0.15, 0.2) is 18.2 Å². The molecule has 37 heavy (non-hydrogen) atoms. The summed E-state index contributed by atoms with van der Waals surface area (Å²) in [6.45, 7) is 8.54. The third kappa shape index (κ3) is 6.23. The van der Waals surface area contributed by atoms with E-state index in [0.29, 0.717) is 50.5 Å². The second-order valence-corrected chi connectivity index (χ2v) is 11.5. The summed E-state index contributed by atoms with van der Waals surface area (Å²) >= 11 is 0. The van der Waals surface area contributed by atoms with E-state index in [0.717, 1.165) is 63.8 Å². The molecule has 0 bridgehead atoms.